The van der Waals surface area contributed by atoms with Crippen LogP contribution in [0.4, 0.5) is 45.5 Å². The third-order valence-corrected chi connectivity index (χ3v) is 8.65. The molecule has 49 heavy (non-hydrogen) atoms. The van der Waals surface area contributed by atoms with Gasteiger partial charge in [0.2, 0.25) is 0 Å². The SMILES string of the molecule is CCC(c1ccc(C(F)(F)F)cc1CN(Cc1cc(C(F)(F)F)cc(C(F)(F)F)c1)c1nnn(C)n1)N1CCN(C(=O)C2CCCO2)CC1. The van der Waals surface area contributed by atoms with Gasteiger partial charge in [-0.15, -0.1) is 5.10 Å². The topological polar surface area (TPSA) is 79.6 Å². The van der Waals surface area contributed by atoms with Gasteiger partial charge in [0.1, 0.15) is 6.10 Å². The number of anilines is 1. The molecule has 0 saturated carbocycles. The first kappa shape index (κ1) is 36.4. The molecule has 2 saturated heterocycles. The van der Waals surface area contributed by atoms with E-state index in [0.717, 1.165) is 23.4 Å². The summed E-state index contributed by atoms with van der Waals surface area (Å²) in [4.78, 5) is 18.8. The monoisotopic (exact) mass is 707 g/mol. The maximum Gasteiger partial charge on any atom is 0.416 e. The molecule has 2 fully saturated rings. The summed E-state index contributed by atoms with van der Waals surface area (Å²) in [5.41, 5.74) is -3.88. The minimum atomic E-state index is -5.10. The Kier molecular flexibility index (Phi) is 10.5. The van der Waals surface area contributed by atoms with Crippen molar-refractivity contribution in [2.24, 2.45) is 7.05 Å². The maximum atomic E-state index is 14.0. The molecule has 2 atom stereocenters. The molecule has 0 N–H and O–H groups in total. The number of tetrazole rings is 1. The first-order chi connectivity index (χ1) is 22.9. The van der Waals surface area contributed by atoms with Crippen molar-refractivity contribution in [3.05, 3.63) is 69.8 Å². The first-order valence-corrected chi connectivity index (χ1v) is 15.6. The van der Waals surface area contributed by atoms with E-state index in [9.17, 15) is 44.3 Å². The van der Waals surface area contributed by atoms with Gasteiger partial charge in [0.15, 0.2) is 0 Å². The van der Waals surface area contributed by atoms with Crippen LogP contribution in [0.1, 0.15) is 65.6 Å². The smallest absolute Gasteiger partial charge is 0.368 e. The van der Waals surface area contributed by atoms with Crippen LogP contribution >= 0.6 is 0 Å². The number of rotatable bonds is 9. The summed E-state index contributed by atoms with van der Waals surface area (Å²) in [5, 5.41) is 11.6. The number of ether oxygens (including phenoxy) is 1. The summed E-state index contributed by atoms with van der Waals surface area (Å²) in [6.45, 7) is 2.92. The number of hydrogen-bond acceptors (Lipinski definition) is 7. The van der Waals surface area contributed by atoms with Gasteiger partial charge < -0.3 is 14.5 Å². The lowest BCUT2D eigenvalue weighted by molar-refractivity contribution is -0.144. The van der Waals surface area contributed by atoms with Gasteiger partial charge in [-0.2, -0.15) is 44.3 Å². The molecule has 1 amide bonds. The molecule has 2 aromatic carbocycles. The van der Waals surface area contributed by atoms with E-state index in [4.69, 9.17) is 4.74 Å². The molecule has 2 unspecified atom stereocenters. The van der Waals surface area contributed by atoms with E-state index >= 15 is 0 Å². The summed E-state index contributed by atoms with van der Waals surface area (Å²) in [7, 11) is 1.38. The predicted octanol–water partition coefficient (Wildman–Crippen LogP) is 6.25. The fraction of sp³-hybridized carbons (Fsp3) is 0.548. The Hall–Kier alpha value is -3.93. The number of carbonyl (C=O) groups excluding carboxylic acids is 1. The van der Waals surface area contributed by atoms with Crippen LogP contribution in [0.25, 0.3) is 0 Å². The number of nitrogens with zero attached hydrogens (tertiary/aromatic N) is 7. The summed E-state index contributed by atoms with van der Waals surface area (Å²) in [6.07, 6.45) is -13.6. The molecule has 2 aliphatic rings. The number of hydrogen-bond donors (Lipinski definition) is 0. The van der Waals surface area contributed by atoms with Gasteiger partial charge >= 0.3 is 18.5 Å². The van der Waals surface area contributed by atoms with Crippen molar-refractivity contribution < 1.29 is 49.0 Å². The summed E-state index contributed by atoms with van der Waals surface area (Å²) in [5.74, 6) is -0.318. The zero-order valence-electron chi connectivity index (χ0n) is 26.5. The van der Waals surface area contributed by atoms with Crippen LogP contribution in [0.15, 0.2) is 36.4 Å². The second kappa shape index (κ2) is 14.1. The number of benzene rings is 2. The molecule has 9 nitrogen and oxygen atoms in total. The molecule has 2 aliphatic heterocycles. The molecule has 0 aliphatic carbocycles. The normalized spacial score (nSPS) is 18.6. The van der Waals surface area contributed by atoms with Gasteiger partial charge in [-0.05, 0) is 71.5 Å². The Bertz CT molecular complexity index is 1580. The predicted molar refractivity (Wildman–Crippen MR) is 157 cm³/mol. The van der Waals surface area contributed by atoms with Crippen molar-refractivity contribution in [1.29, 1.82) is 0 Å². The molecular weight excluding hydrogens is 673 g/mol. The first-order valence-electron chi connectivity index (χ1n) is 15.6. The lowest BCUT2D eigenvalue weighted by Gasteiger charge is -2.40. The quantitative estimate of drug-likeness (QED) is 0.244. The van der Waals surface area contributed by atoms with Crippen molar-refractivity contribution in [2.75, 3.05) is 37.7 Å². The Balaban J connectivity index is 1.49. The molecule has 0 spiro atoms. The van der Waals surface area contributed by atoms with E-state index in [1.54, 1.807) is 4.90 Å². The highest BCUT2D eigenvalue weighted by atomic mass is 19.4. The summed E-state index contributed by atoms with van der Waals surface area (Å²) >= 11 is 0. The Morgan fingerprint density at radius 3 is 2.04 bits per heavy atom. The number of aryl methyl sites for hydroxylation is 1. The molecule has 0 radical (unpaired) electrons. The zero-order chi connectivity index (χ0) is 35.7. The minimum absolute atomic E-state index is 0.000726. The molecule has 268 valence electrons. The van der Waals surface area contributed by atoms with Gasteiger partial charge in [0, 0.05) is 51.9 Å². The van der Waals surface area contributed by atoms with E-state index in [-0.39, 0.29) is 23.5 Å². The number of piperazine rings is 1. The highest BCUT2D eigenvalue weighted by Gasteiger charge is 2.38. The van der Waals surface area contributed by atoms with E-state index in [0.29, 0.717) is 63.3 Å². The van der Waals surface area contributed by atoms with Crippen molar-refractivity contribution in [3.8, 4) is 0 Å². The molecule has 18 heteroatoms. The summed E-state index contributed by atoms with van der Waals surface area (Å²) in [6, 6.07) is 3.87. The van der Waals surface area contributed by atoms with Crippen molar-refractivity contribution >= 4 is 11.9 Å². The van der Waals surface area contributed by atoms with Gasteiger partial charge in [0.25, 0.3) is 11.9 Å². The van der Waals surface area contributed by atoms with Crippen LogP contribution in [-0.4, -0.2) is 74.8 Å². The molecular formula is C31H34F9N7O2. The third-order valence-electron chi connectivity index (χ3n) is 8.65. The van der Waals surface area contributed by atoms with Crippen molar-refractivity contribution in [2.45, 2.75) is 70.0 Å². The highest BCUT2D eigenvalue weighted by molar-refractivity contribution is 5.81. The van der Waals surface area contributed by atoms with E-state index in [2.05, 4.69) is 15.4 Å². The second-order valence-electron chi connectivity index (χ2n) is 12.0. The second-order valence-corrected chi connectivity index (χ2v) is 12.0. The van der Waals surface area contributed by atoms with Crippen LogP contribution in [0, 0.1) is 0 Å². The number of amides is 1. The maximum absolute atomic E-state index is 14.0. The molecule has 3 aromatic rings. The largest absolute Gasteiger partial charge is 0.416 e. The van der Waals surface area contributed by atoms with Crippen LogP contribution in [0.3, 0.4) is 0 Å². The fourth-order valence-corrected chi connectivity index (χ4v) is 6.28. The average Bonchev–Trinajstić information content (AvgIpc) is 3.73. The van der Waals surface area contributed by atoms with Gasteiger partial charge in [0.05, 0.1) is 23.7 Å². The highest BCUT2D eigenvalue weighted by Crippen LogP contribution is 2.38. The molecule has 1 aromatic heterocycles. The van der Waals surface area contributed by atoms with Crippen molar-refractivity contribution in [1.82, 2.24) is 30.0 Å². The van der Waals surface area contributed by atoms with E-state index in [1.165, 1.54) is 18.0 Å². The number of alkyl halides is 9. The van der Waals surface area contributed by atoms with Gasteiger partial charge in [-0.3, -0.25) is 9.69 Å². The molecule has 3 heterocycles. The van der Waals surface area contributed by atoms with Crippen LogP contribution in [0.2, 0.25) is 0 Å². The molecule has 5 rings (SSSR count). The van der Waals surface area contributed by atoms with Gasteiger partial charge in [-0.25, -0.2) is 0 Å². The molecule has 0 bridgehead atoms. The Labute approximate surface area is 275 Å². The van der Waals surface area contributed by atoms with E-state index in [1.807, 2.05) is 11.8 Å². The average molecular weight is 708 g/mol. The number of halogens is 9. The lowest BCUT2D eigenvalue weighted by atomic mass is 9.93. The van der Waals surface area contributed by atoms with Crippen LogP contribution in [0.5, 0.6) is 0 Å². The Morgan fingerprint density at radius 2 is 1.53 bits per heavy atom. The standard InChI is InChI=1S/C31H34F9N7O2/c1-3-25(45-8-10-46(11-9-45)27(48)26-5-4-12-49-26)24-7-6-21(29(32,33)34)15-20(24)18-47(28-41-43-44(2)42-28)17-19-13-22(30(35,36)37)16-23(14-19)31(38,39)40/h6-7,13-16,25-26H,3-5,8-12,17-18H2,1-2H3. The van der Waals surface area contributed by atoms with Crippen LogP contribution < -0.4 is 4.90 Å². The van der Waals surface area contributed by atoms with Crippen molar-refractivity contribution in [3.63, 3.8) is 0 Å². The summed E-state index contributed by atoms with van der Waals surface area (Å²) < 4.78 is 129. The van der Waals surface area contributed by atoms with E-state index < -0.39 is 66.0 Å². The van der Waals surface area contributed by atoms with Crippen LogP contribution in [-0.2, 0) is 48.2 Å². The fourth-order valence-electron chi connectivity index (χ4n) is 6.28. The Morgan fingerprint density at radius 1 is 0.898 bits per heavy atom. The lowest BCUT2D eigenvalue weighted by Crippen LogP contribution is -2.52. The number of aromatic nitrogens is 4. The minimum Gasteiger partial charge on any atom is -0.368 e. The third kappa shape index (κ3) is 8.63. The number of carbonyl (C=O) groups is 1. The van der Waals surface area contributed by atoms with Gasteiger partial charge in [-0.1, -0.05) is 18.1 Å². The zero-order valence-corrected chi connectivity index (χ0v) is 26.5.